The Bertz CT molecular complexity index is 3170. The summed E-state index contributed by atoms with van der Waals surface area (Å²) < 4.78 is 4.63. The van der Waals surface area contributed by atoms with Gasteiger partial charge in [-0.25, -0.2) is 9.97 Å². The van der Waals surface area contributed by atoms with E-state index in [1.165, 1.54) is 32.6 Å². The lowest BCUT2D eigenvalue weighted by Crippen LogP contribution is -2.04. The number of para-hydroxylation sites is 3. The van der Waals surface area contributed by atoms with Crippen LogP contribution in [0.2, 0.25) is 0 Å². The van der Waals surface area contributed by atoms with E-state index in [1.54, 1.807) is 0 Å². The van der Waals surface area contributed by atoms with E-state index in [0.29, 0.717) is 5.95 Å². The summed E-state index contributed by atoms with van der Waals surface area (Å²) in [4.78, 5) is 10.8. The van der Waals surface area contributed by atoms with E-state index in [1.807, 2.05) is 0 Å². The van der Waals surface area contributed by atoms with Gasteiger partial charge >= 0.3 is 0 Å². The largest absolute Gasteiger partial charge is 0.309 e. The second-order valence-corrected chi connectivity index (χ2v) is 13.4. The molecule has 11 aromatic rings. The number of aromatic nitrogens is 4. The standard InChI is InChI=1S/C48H30N4/c1-3-14-32(15-4-1)46-41-28-23-31-13-7-8-18-36(31)47(41)50-48(49-46)52-43-22-12-10-20-38(43)40-27-25-34(30-45(40)52)33-24-26-39-37-19-9-11-21-42(37)51(44(39)29-33)35-16-5-2-6-17-35/h1-30H. The van der Waals surface area contributed by atoms with Crippen LogP contribution in [0.25, 0.3) is 99.3 Å². The zero-order valence-electron chi connectivity index (χ0n) is 28.1. The van der Waals surface area contributed by atoms with Gasteiger partial charge in [0.2, 0.25) is 5.95 Å². The van der Waals surface area contributed by atoms with Crippen molar-refractivity contribution in [2.24, 2.45) is 0 Å². The third-order valence-electron chi connectivity index (χ3n) is 10.5. The van der Waals surface area contributed by atoms with Crippen molar-refractivity contribution in [3.63, 3.8) is 0 Å². The summed E-state index contributed by atoms with van der Waals surface area (Å²) in [5.74, 6) is 0.658. The van der Waals surface area contributed by atoms with Crippen LogP contribution in [0.3, 0.4) is 0 Å². The Morgan fingerprint density at radius 3 is 1.54 bits per heavy atom. The van der Waals surface area contributed by atoms with E-state index < -0.39 is 0 Å². The predicted molar refractivity (Wildman–Crippen MR) is 217 cm³/mol. The summed E-state index contributed by atoms with van der Waals surface area (Å²) in [6.45, 7) is 0. The van der Waals surface area contributed by atoms with Gasteiger partial charge < -0.3 is 4.57 Å². The number of hydrogen-bond donors (Lipinski definition) is 0. The molecule has 0 aliphatic carbocycles. The summed E-state index contributed by atoms with van der Waals surface area (Å²) >= 11 is 0. The van der Waals surface area contributed by atoms with E-state index in [9.17, 15) is 0 Å². The molecule has 4 nitrogen and oxygen atoms in total. The van der Waals surface area contributed by atoms with Crippen molar-refractivity contribution in [2.75, 3.05) is 0 Å². The van der Waals surface area contributed by atoms with Gasteiger partial charge in [0.1, 0.15) is 0 Å². The van der Waals surface area contributed by atoms with E-state index >= 15 is 0 Å². The van der Waals surface area contributed by atoms with Crippen LogP contribution in [0, 0.1) is 0 Å². The fourth-order valence-corrected chi connectivity index (χ4v) is 8.14. The average molecular weight is 663 g/mol. The van der Waals surface area contributed by atoms with Crippen LogP contribution >= 0.6 is 0 Å². The number of hydrogen-bond acceptors (Lipinski definition) is 2. The topological polar surface area (TPSA) is 35.6 Å². The lowest BCUT2D eigenvalue weighted by atomic mass is 10.0. The average Bonchev–Trinajstić information content (AvgIpc) is 3.73. The second kappa shape index (κ2) is 11.2. The minimum atomic E-state index is 0.658. The number of fused-ring (bicyclic) bond motifs is 9. The van der Waals surface area contributed by atoms with Crippen molar-refractivity contribution >= 4 is 65.3 Å². The fourth-order valence-electron chi connectivity index (χ4n) is 8.14. The summed E-state index contributed by atoms with van der Waals surface area (Å²) in [7, 11) is 0. The predicted octanol–water partition coefficient (Wildman–Crippen LogP) is 12.3. The third kappa shape index (κ3) is 4.28. The molecule has 8 aromatic carbocycles. The van der Waals surface area contributed by atoms with Crippen molar-refractivity contribution in [2.45, 2.75) is 0 Å². The Kier molecular flexibility index (Phi) is 6.22. The van der Waals surface area contributed by atoms with Crippen LogP contribution < -0.4 is 0 Å². The molecular formula is C48H30N4. The van der Waals surface area contributed by atoms with E-state index in [-0.39, 0.29) is 0 Å². The zero-order chi connectivity index (χ0) is 34.2. The Hall–Kier alpha value is -7.04. The van der Waals surface area contributed by atoms with Gasteiger partial charge in [0.05, 0.1) is 33.3 Å². The fraction of sp³-hybridized carbons (Fsp3) is 0. The highest BCUT2D eigenvalue weighted by atomic mass is 15.2. The summed E-state index contributed by atoms with van der Waals surface area (Å²) in [6, 6.07) is 64.9. The van der Waals surface area contributed by atoms with Gasteiger partial charge in [0, 0.05) is 43.6 Å². The summed E-state index contributed by atoms with van der Waals surface area (Å²) in [5, 5.41) is 8.14. The molecule has 0 saturated heterocycles. The second-order valence-electron chi connectivity index (χ2n) is 13.4. The number of nitrogens with zero attached hydrogens (tertiary/aromatic N) is 4. The summed E-state index contributed by atoms with van der Waals surface area (Å²) in [6.07, 6.45) is 0. The summed E-state index contributed by atoms with van der Waals surface area (Å²) in [5.41, 5.74) is 10.9. The molecule has 0 bridgehead atoms. The van der Waals surface area contributed by atoms with Crippen molar-refractivity contribution in [1.29, 1.82) is 0 Å². The van der Waals surface area contributed by atoms with Crippen LogP contribution in [-0.2, 0) is 0 Å². The quantitative estimate of drug-likeness (QED) is 0.176. The molecule has 242 valence electrons. The number of rotatable bonds is 4. The molecule has 0 fully saturated rings. The van der Waals surface area contributed by atoms with Crippen molar-refractivity contribution in [3.05, 3.63) is 182 Å². The van der Waals surface area contributed by atoms with Gasteiger partial charge in [0.15, 0.2) is 0 Å². The van der Waals surface area contributed by atoms with E-state index in [2.05, 4.69) is 191 Å². The van der Waals surface area contributed by atoms with Crippen molar-refractivity contribution < 1.29 is 0 Å². The molecule has 4 heteroatoms. The molecule has 0 unspecified atom stereocenters. The highest BCUT2D eigenvalue weighted by Crippen LogP contribution is 2.39. The first kappa shape index (κ1) is 28.8. The van der Waals surface area contributed by atoms with Gasteiger partial charge in [-0.1, -0.05) is 140 Å². The molecule has 3 aromatic heterocycles. The monoisotopic (exact) mass is 662 g/mol. The maximum Gasteiger partial charge on any atom is 0.235 e. The van der Waals surface area contributed by atoms with Crippen LogP contribution in [-0.4, -0.2) is 19.1 Å². The Labute approximate surface area is 299 Å². The van der Waals surface area contributed by atoms with Crippen LogP contribution in [0.15, 0.2) is 182 Å². The molecule has 0 aliphatic heterocycles. The molecule has 0 spiro atoms. The lowest BCUT2D eigenvalue weighted by Gasteiger charge is -2.13. The van der Waals surface area contributed by atoms with E-state index in [0.717, 1.165) is 60.8 Å². The molecule has 0 saturated carbocycles. The molecule has 0 aliphatic rings. The van der Waals surface area contributed by atoms with Crippen LogP contribution in [0.4, 0.5) is 0 Å². The minimum Gasteiger partial charge on any atom is -0.309 e. The third-order valence-corrected chi connectivity index (χ3v) is 10.5. The first-order valence-electron chi connectivity index (χ1n) is 17.7. The molecule has 0 radical (unpaired) electrons. The molecule has 0 amide bonds. The Morgan fingerprint density at radius 1 is 0.327 bits per heavy atom. The van der Waals surface area contributed by atoms with Gasteiger partial charge in [-0.3, -0.25) is 4.57 Å². The normalized spacial score (nSPS) is 11.8. The Morgan fingerprint density at radius 2 is 0.846 bits per heavy atom. The molecule has 11 rings (SSSR count). The Balaban J connectivity index is 1.19. The first-order chi connectivity index (χ1) is 25.8. The molecule has 0 N–H and O–H groups in total. The van der Waals surface area contributed by atoms with Gasteiger partial charge in [-0.05, 0) is 59.0 Å². The van der Waals surface area contributed by atoms with Crippen molar-refractivity contribution in [1.82, 2.24) is 19.1 Å². The highest BCUT2D eigenvalue weighted by Gasteiger charge is 2.19. The van der Waals surface area contributed by atoms with Gasteiger partial charge in [-0.15, -0.1) is 0 Å². The van der Waals surface area contributed by atoms with Gasteiger partial charge in [0.25, 0.3) is 0 Å². The molecule has 52 heavy (non-hydrogen) atoms. The smallest absolute Gasteiger partial charge is 0.235 e. The zero-order valence-corrected chi connectivity index (χ0v) is 28.1. The highest BCUT2D eigenvalue weighted by molar-refractivity contribution is 6.13. The van der Waals surface area contributed by atoms with Crippen LogP contribution in [0.1, 0.15) is 0 Å². The lowest BCUT2D eigenvalue weighted by molar-refractivity contribution is 1.02. The molecular weight excluding hydrogens is 633 g/mol. The SMILES string of the molecule is c1ccc(-c2nc(-n3c4ccccc4c4ccc(-c5ccc6c7ccccc7n(-c7ccccc7)c6c5)cc43)nc3c2ccc2ccccc23)cc1. The maximum absolute atomic E-state index is 5.39. The van der Waals surface area contributed by atoms with Crippen LogP contribution in [0.5, 0.6) is 0 Å². The molecule has 0 atom stereocenters. The maximum atomic E-state index is 5.39. The first-order valence-corrected chi connectivity index (χ1v) is 17.7. The number of benzene rings is 8. The van der Waals surface area contributed by atoms with Gasteiger partial charge in [-0.2, -0.15) is 0 Å². The minimum absolute atomic E-state index is 0.658. The van der Waals surface area contributed by atoms with E-state index in [4.69, 9.17) is 9.97 Å². The molecule has 3 heterocycles. The van der Waals surface area contributed by atoms with Crippen molar-refractivity contribution in [3.8, 4) is 34.0 Å².